The van der Waals surface area contributed by atoms with E-state index in [2.05, 4.69) is 31.3 Å². The zero-order chi connectivity index (χ0) is 12.3. The first-order chi connectivity index (χ1) is 8.22. The second-order valence-corrected chi connectivity index (χ2v) is 5.16. The van der Waals surface area contributed by atoms with Gasteiger partial charge in [-0.15, -0.1) is 0 Å². The summed E-state index contributed by atoms with van der Waals surface area (Å²) in [6.45, 7) is 5.39. The molecular formula is C15H20N2. The minimum absolute atomic E-state index is 0.760. The Morgan fingerprint density at radius 2 is 2.24 bits per heavy atom. The van der Waals surface area contributed by atoms with Gasteiger partial charge in [0.2, 0.25) is 0 Å². The van der Waals surface area contributed by atoms with Crippen LogP contribution in [0.1, 0.15) is 37.3 Å². The van der Waals surface area contributed by atoms with E-state index >= 15 is 0 Å². The van der Waals surface area contributed by atoms with Crippen molar-refractivity contribution in [2.45, 2.75) is 33.1 Å². The highest BCUT2D eigenvalue weighted by molar-refractivity contribution is 5.62. The zero-order valence-electron chi connectivity index (χ0n) is 10.7. The van der Waals surface area contributed by atoms with Gasteiger partial charge in [0.1, 0.15) is 6.07 Å². The van der Waals surface area contributed by atoms with Crippen LogP contribution in [0, 0.1) is 30.1 Å². The highest BCUT2D eigenvalue weighted by atomic mass is 14.9. The third-order valence-electron chi connectivity index (χ3n) is 3.97. The third-order valence-corrected chi connectivity index (χ3v) is 3.97. The van der Waals surface area contributed by atoms with E-state index < -0.39 is 0 Å². The molecule has 0 spiro atoms. The van der Waals surface area contributed by atoms with Gasteiger partial charge in [0.05, 0.1) is 11.3 Å². The molecule has 2 atom stereocenters. The molecule has 2 rings (SSSR count). The Morgan fingerprint density at radius 1 is 1.41 bits per heavy atom. The van der Waals surface area contributed by atoms with Crippen LogP contribution in [0.5, 0.6) is 0 Å². The summed E-state index contributed by atoms with van der Waals surface area (Å²) in [5.41, 5.74) is 2.94. The molecule has 0 aromatic heterocycles. The summed E-state index contributed by atoms with van der Waals surface area (Å²) in [7, 11) is 0. The number of hydrogen-bond acceptors (Lipinski definition) is 2. The highest BCUT2D eigenvalue weighted by Crippen LogP contribution is 2.31. The van der Waals surface area contributed by atoms with Gasteiger partial charge >= 0.3 is 0 Å². The maximum Gasteiger partial charge on any atom is 0.101 e. The summed E-state index contributed by atoms with van der Waals surface area (Å²) in [6, 6.07) is 8.14. The molecule has 0 saturated heterocycles. The van der Waals surface area contributed by atoms with Crippen molar-refractivity contribution in [1.29, 1.82) is 5.26 Å². The molecular weight excluding hydrogens is 208 g/mol. The highest BCUT2D eigenvalue weighted by Gasteiger charge is 2.23. The Morgan fingerprint density at radius 3 is 2.88 bits per heavy atom. The molecule has 1 aliphatic rings. The molecule has 0 heterocycles. The van der Waals surface area contributed by atoms with E-state index in [1.807, 2.05) is 12.1 Å². The van der Waals surface area contributed by atoms with Gasteiger partial charge in [-0.05, 0) is 36.8 Å². The van der Waals surface area contributed by atoms with Crippen molar-refractivity contribution in [3.8, 4) is 6.07 Å². The Balaban J connectivity index is 2.06. The molecule has 0 aliphatic heterocycles. The predicted molar refractivity (Wildman–Crippen MR) is 70.9 cm³/mol. The molecule has 17 heavy (non-hydrogen) atoms. The van der Waals surface area contributed by atoms with Crippen molar-refractivity contribution in [3.63, 3.8) is 0 Å². The number of rotatable bonds is 3. The quantitative estimate of drug-likeness (QED) is 0.856. The number of nitrogens with one attached hydrogen (secondary N) is 1. The number of nitriles is 1. The third kappa shape index (κ3) is 2.61. The number of hydrogen-bond donors (Lipinski definition) is 1. The van der Waals surface area contributed by atoms with Crippen molar-refractivity contribution in [2.75, 3.05) is 11.9 Å². The van der Waals surface area contributed by atoms with E-state index in [1.165, 1.54) is 19.3 Å². The summed E-state index contributed by atoms with van der Waals surface area (Å²) in [6.07, 6.45) is 4.03. The SMILES string of the molecule is Cc1cccc(C#N)c1NCC1CCCC1C. The van der Waals surface area contributed by atoms with E-state index in [-0.39, 0.29) is 0 Å². The van der Waals surface area contributed by atoms with Gasteiger partial charge in [0.25, 0.3) is 0 Å². The molecule has 2 unspecified atom stereocenters. The van der Waals surface area contributed by atoms with Crippen LogP contribution in [0.15, 0.2) is 18.2 Å². The van der Waals surface area contributed by atoms with Crippen LogP contribution in [0.2, 0.25) is 0 Å². The number of aryl methyl sites for hydroxylation is 1. The topological polar surface area (TPSA) is 35.8 Å². The van der Waals surface area contributed by atoms with Gasteiger partial charge in [0, 0.05) is 6.54 Å². The lowest BCUT2D eigenvalue weighted by molar-refractivity contribution is 0.439. The maximum atomic E-state index is 9.10. The summed E-state index contributed by atoms with van der Waals surface area (Å²) >= 11 is 0. The summed E-state index contributed by atoms with van der Waals surface area (Å²) in [5.74, 6) is 1.58. The molecule has 1 aromatic rings. The first kappa shape index (κ1) is 12.0. The first-order valence-electron chi connectivity index (χ1n) is 6.46. The standard InChI is InChI=1S/C15H20N2/c1-11-5-3-8-14(11)10-17-15-12(2)6-4-7-13(15)9-16/h4,6-7,11,14,17H,3,5,8,10H2,1-2H3. The van der Waals surface area contributed by atoms with Crippen molar-refractivity contribution in [1.82, 2.24) is 0 Å². The van der Waals surface area contributed by atoms with E-state index in [4.69, 9.17) is 5.26 Å². The van der Waals surface area contributed by atoms with E-state index in [0.717, 1.165) is 35.2 Å². The molecule has 2 heteroatoms. The number of benzene rings is 1. The molecule has 2 nitrogen and oxygen atoms in total. The Bertz CT molecular complexity index is 431. The maximum absolute atomic E-state index is 9.10. The summed E-state index contributed by atoms with van der Waals surface area (Å²) in [4.78, 5) is 0. The van der Waals surface area contributed by atoms with Crippen molar-refractivity contribution in [2.24, 2.45) is 11.8 Å². The summed E-state index contributed by atoms with van der Waals surface area (Å²) in [5, 5.41) is 12.6. The Hall–Kier alpha value is -1.49. The van der Waals surface area contributed by atoms with Crippen LogP contribution in [-0.4, -0.2) is 6.54 Å². The van der Waals surface area contributed by atoms with Crippen molar-refractivity contribution in [3.05, 3.63) is 29.3 Å². The monoisotopic (exact) mass is 228 g/mol. The average Bonchev–Trinajstić information content (AvgIpc) is 2.73. The minimum atomic E-state index is 0.760. The average molecular weight is 228 g/mol. The molecule has 1 aliphatic carbocycles. The molecule has 1 aromatic carbocycles. The predicted octanol–water partition coefficient (Wildman–Crippen LogP) is 3.71. The van der Waals surface area contributed by atoms with Gasteiger partial charge in [-0.2, -0.15) is 5.26 Å². The van der Waals surface area contributed by atoms with Gasteiger partial charge < -0.3 is 5.32 Å². The van der Waals surface area contributed by atoms with E-state index in [9.17, 15) is 0 Å². The molecule has 0 bridgehead atoms. The van der Waals surface area contributed by atoms with Gasteiger partial charge in [-0.3, -0.25) is 0 Å². The molecule has 90 valence electrons. The number of anilines is 1. The fourth-order valence-corrected chi connectivity index (χ4v) is 2.75. The molecule has 1 saturated carbocycles. The zero-order valence-corrected chi connectivity index (χ0v) is 10.7. The van der Waals surface area contributed by atoms with Crippen LogP contribution in [0.3, 0.4) is 0 Å². The lowest BCUT2D eigenvalue weighted by Gasteiger charge is -2.18. The van der Waals surface area contributed by atoms with Gasteiger partial charge in [-0.25, -0.2) is 0 Å². The van der Waals surface area contributed by atoms with E-state index in [0.29, 0.717) is 0 Å². The second kappa shape index (κ2) is 5.23. The fraction of sp³-hybridized carbons (Fsp3) is 0.533. The lowest BCUT2D eigenvalue weighted by Crippen LogP contribution is -2.17. The molecule has 0 radical (unpaired) electrons. The Labute approximate surface area is 104 Å². The van der Waals surface area contributed by atoms with Gasteiger partial charge in [0.15, 0.2) is 0 Å². The molecule has 1 N–H and O–H groups in total. The fourth-order valence-electron chi connectivity index (χ4n) is 2.75. The first-order valence-corrected chi connectivity index (χ1v) is 6.46. The van der Waals surface area contributed by atoms with Crippen LogP contribution in [0.4, 0.5) is 5.69 Å². The van der Waals surface area contributed by atoms with Crippen LogP contribution < -0.4 is 5.32 Å². The summed E-state index contributed by atoms with van der Waals surface area (Å²) < 4.78 is 0. The molecule has 0 amide bonds. The van der Waals surface area contributed by atoms with Crippen LogP contribution in [0.25, 0.3) is 0 Å². The smallest absolute Gasteiger partial charge is 0.101 e. The molecule has 1 fully saturated rings. The largest absolute Gasteiger partial charge is 0.383 e. The van der Waals surface area contributed by atoms with Crippen molar-refractivity contribution < 1.29 is 0 Å². The lowest BCUT2D eigenvalue weighted by atomic mass is 9.97. The van der Waals surface area contributed by atoms with Crippen LogP contribution in [-0.2, 0) is 0 Å². The van der Waals surface area contributed by atoms with E-state index in [1.54, 1.807) is 0 Å². The van der Waals surface area contributed by atoms with Crippen molar-refractivity contribution >= 4 is 5.69 Å². The number of nitrogens with zero attached hydrogens (tertiary/aromatic N) is 1. The minimum Gasteiger partial charge on any atom is -0.383 e. The van der Waals surface area contributed by atoms with Crippen LogP contribution >= 0.6 is 0 Å². The van der Waals surface area contributed by atoms with Gasteiger partial charge in [-0.1, -0.05) is 31.9 Å². The normalized spacial score (nSPS) is 23.4. The number of para-hydroxylation sites is 1. The Kier molecular flexibility index (Phi) is 3.68. The second-order valence-electron chi connectivity index (χ2n) is 5.16.